The monoisotopic (exact) mass is 284 g/mol. The van der Waals surface area contributed by atoms with E-state index in [2.05, 4.69) is 10.0 Å². The van der Waals surface area contributed by atoms with E-state index in [-0.39, 0.29) is 17.9 Å². The average molecular weight is 284 g/mol. The minimum Gasteiger partial charge on any atom is -0.274 e. The van der Waals surface area contributed by atoms with Gasteiger partial charge in [-0.2, -0.15) is 0 Å². The molecule has 1 heterocycles. The lowest BCUT2D eigenvalue weighted by Gasteiger charge is -2.28. The molecular formula is C15H16N4O2. The fraction of sp³-hybridized carbons (Fsp3) is 0.467. The van der Waals surface area contributed by atoms with Crippen LogP contribution in [0, 0.1) is 5.92 Å². The Bertz CT molecular complexity index is 593. The molecule has 1 saturated carbocycles. The largest absolute Gasteiger partial charge is 0.274 e. The second-order valence-electron chi connectivity index (χ2n) is 5.65. The number of hydrogen-bond acceptors (Lipinski definition) is 3. The molecule has 108 valence electrons. The van der Waals surface area contributed by atoms with Gasteiger partial charge in [-0.25, -0.2) is 0 Å². The van der Waals surface area contributed by atoms with Gasteiger partial charge >= 0.3 is 0 Å². The van der Waals surface area contributed by atoms with Crippen LogP contribution in [0.15, 0.2) is 29.4 Å². The Kier molecular flexibility index (Phi) is 3.62. The summed E-state index contributed by atoms with van der Waals surface area (Å²) in [5, 5.41) is 3.75. The number of fused-ring (bicyclic) bond motifs is 1. The van der Waals surface area contributed by atoms with Crippen LogP contribution in [-0.4, -0.2) is 29.3 Å². The molecule has 0 N–H and O–H groups in total. The molecule has 1 aromatic carbocycles. The Hall–Kier alpha value is -2.33. The van der Waals surface area contributed by atoms with Gasteiger partial charge in [0.15, 0.2) is 0 Å². The Morgan fingerprint density at radius 1 is 1.10 bits per heavy atom. The summed E-state index contributed by atoms with van der Waals surface area (Å²) < 4.78 is 0. The molecule has 6 nitrogen and oxygen atoms in total. The fourth-order valence-electron chi connectivity index (χ4n) is 3.18. The van der Waals surface area contributed by atoms with Crippen molar-refractivity contribution < 1.29 is 9.59 Å². The van der Waals surface area contributed by atoms with Gasteiger partial charge in [-0.1, -0.05) is 17.2 Å². The van der Waals surface area contributed by atoms with Gasteiger partial charge in [-0.05, 0) is 49.3 Å². The summed E-state index contributed by atoms with van der Waals surface area (Å²) in [5.41, 5.74) is 9.45. The number of carbonyl (C=O) groups excluding carboxylic acids is 2. The highest BCUT2D eigenvalue weighted by molar-refractivity contribution is 6.21. The molecule has 3 rings (SSSR count). The first-order valence-electron chi connectivity index (χ1n) is 7.20. The molecule has 0 unspecified atom stereocenters. The molecule has 21 heavy (non-hydrogen) atoms. The second kappa shape index (κ2) is 5.58. The number of hydrogen-bond donors (Lipinski definition) is 0. The van der Waals surface area contributed by atoms with Gasteiger partial charge in [0.25, 0.3) is 11.8 Å². The molecule has 0 aromatic heterocycles. The number of carbonyl (C=O) groups is 2. The van der Waals surface area contributed by atoms with Gasteiger partial charge in [0.1, 0.15) is 0 Å². The average Bonchev–Trinajstić information content (AvgIpc) is 2.75. The Balaban J connectivity index is 1.66. The molecule has 0 atom stereocenters. The molecule has 1 aliphatic carbocycles. The van der Waals surface area contributed by atoms with Gasteiger partial charge in [-0.3, -0.25) is 14.5 Å². The molecule has 6 heteroatoms. The van der Waals surface area contributed by atoms with Crippen LogP contribution in [0.2, 0.25) is 0 Å². The van der Waals surface area contributed by atoms with Crippen LogP contribution in [0.4, 0.5) is 0 Å². The lowest BCUT2D eigenvalue weighted by molar-refractivity contribution is 0.0615. The summed E-state index contributed by atoms with van der Waals surface area (Å²) in [6.45, 7) is 0.468. The van der Waals surface area contributed by atoms with Crippen LogP contribution >= 0.6 is 0 Å². The van der Waals surface area contributed by atoms with Crippen LogP contribution in [0.1, 0.15) is 46.4 Å². The summed E-state index contributed by atoms with van der Waals surface area (Å²) in [7, 11) is 0. The van der Waals surface area contributed by atoms with E-state index in [0.29, 0.717) is 23.6 Å². The number of imide groups is 1. The first-order valence-corrected chi connectivity index (χ1v) is 7.20. The maximum absolute atomic E-state index is 12.3. The van der Waals surface area contributed by atoms with Crippen LogP contribution in [0.3, 0.4) is 0 Å². The molecule has 1 aromatic rings. The van der Waals surface area contributed by atoms with Crippen LogP contribution in [-0.2, 0) is 0 Å². The number of nitrogens with zero attached hydrogens (tertiary/aromatic N) is 4. The summed E-state index contributed by atoms with van der Waals surface area (Å²) in [4.78, 5) is 28.8. The SMILES string of the molecule is [N-]=[N+]=NC1CCC(CN2C(=O)c3ccccc3C2=O)CC1. The standard InChI is InChI=1S/C15H16N4O2/c16-18-17-11-7-5-10(6-8-11)9-19-14(20)12-3-1-2-4-13(12)15(19)21/h1-4,10-11H,5-9H2. The third kappa shape index (κ3) is 2.50. The molecule has 0 radical (unpaired) electrons. The highest BCUT2D eigenvalue weighted by Crippen LogP contribution is 2.30. The Morgan fingerprint density at radius 3 is 2.19 bits per heavy atom. The van der Waals surface area contributed by atoms with Gasteiger partial charge in [0.05, 0.1) is 11.1 Å². The second-order valence-corrected chi connectivity index (χ2v) is 5.65. The van der Waals surface area contributed by atoms with Crippen molar-refractivity contribution >= 4 is 11.8 Å². The number of rotatable bonds is 3. The molecular weight excluding hydrogens is 268 g/mol. The van der Waals surface area contributed by atoms with E-state index in [0.717, 1.165) is 25.7 Å². The summed E-state index contributed by atoms with van der Waals surface area (Å²) in [6, 6.07) is 7.02. The molecule has 2 amide bonds. The van der Waals surface area contributed by atoms with Crippen molar-refractivity contribution in [2.45, 2.75) is 31.7 Å². The van der Waals surface area contributed by atoms with Gasteiger partial charge in [0.2, 0.25) is 0 Å². The van der Waals surface area contributed by atoms with E-state index in [1.807, 2.05) is 0 Å². The normalized spacial score (nSPS) is 24.7. The maximum Gasteiger partial charge on any atom is 0.261 e. The first-order chi connectivity index (χ1) is 10.2. The zero-order valence-electron chi connectivity index (χ0n) is 11.6. The predicted octanol–water partition coefficient (Wildman–Crippen LogP) is 3.15. The highest BCUT2D eigenvalue weighted by Gasteiger charge is 2.36. The minimum atomic E-state index is -0.187. The van der Waals surface area contributed by atoms with Crippen LogP contribution in [0.5, 0.6) is 0 Å². The van der Waals surface area contributed by atoms with E-state index >= 15 is 0 Å². The van der Waals surface area contributed by atoms with Crippen molar-refractivity contribution in [2.75, 3.05) is 6.54 Å². The summed E-state index contributed by atoms with van der Waals surface area (Å²) in [5.74, 6) is -0.0714. The van der Waals surface area contributed by atoms with Gasteiger partial charge in [-0.15, -0.1) is 0 Å². The molecule has 0 bridgehead atoms. The van der Waals surface area contributed by atoms with E-state index in [1.165, 1.54) is 4.90 Å². The smallest absolute Gasteiger partial charge is 0.261 e. The third-order valence-corrected chi connectivity index (χ3v) is 4.35. The van der Waals surface area contributed by atoms with E-state index in [4.69, 9.17) is 5.53 Å². The summed E-state index contributed by atoms with van der Waals surface area (Å²) >= 11 is 0. The molecule has 0 spiro atoms. The van der Waals surface area contributed by atoms with Crippen molar-refractivity contribution in [3.63, 3.8) is 0 Å². The van der Waals surface area contributed by atoms with Gasteiger partial charge < -0.3 is 0 Å². The quantitative estimate of drug-likeness (QED) is 0.369. The van der Waals surface area contributed by atoms with Crippen molar-refractivity contribution in [3.05, 3.63) is 45.8 Å². The fourth-order valence-corrected chi connectivity index (χ4v) is 3.18. The topological polar surface area (TPSA) is 86.1 Å². The lowest BCUT2D eigenvalue weighted by atomic mass is 9.86. The molecule has 0 saturated heterocycles. The third-order valence-electron chi connectivity index (χ3n) is 4.35. The van der Waals surface area contributed by atoms with Crippen molar-refractivity contribution in [2.24, 2.45) is 11.0 Å². The molecule has 1 aliphatic heterocycles. The van der Waals surface area contributed by atoms with Gasteiger partial charge in [0, 0.05) is 17.5 Å². The van der Waals surface area contributed by atoms with E-state index in [1.54, 1.807) is 24.3 Å². The molecule has 2 aliphatic rings. The van der Waals surface area contributed by atoms with Crippen LogP contribution in [0.25, 0.3) is 10.4 Å². The Labute approximate surface area is 122 Å². The zero-order valence-corrected chi connectivity index (χ0v) is 11.6. The van der Waals surface area contributed by atoms with Crippen molar-refractivity contribution in [3.8, 4) is 0 Å². The predicted molar refractivity (Wildman–Crippen MR) is 76.7 cm³/mol. The summed E-state index contributed by atoms with van der Waals surface area (Å²) in [6.07, 6.45) is 3.43. The van der Waals surface area contributed by atoms with E-state index in [9.17, 15) is 9.59 Å². The Morgan fingerprint density at radius 2 is 1.67 bits per heavy atom. The highest BCUT2D eigenvalue weighted by atomic mass is 16.2. The zero-order chi connectivity index (χ0) is 14.8. The first kappa shape index (κ1) is 13.6. The van der Waals surface area contributed by atoms with Crippen LogP contribution < -0.4 is 0 Å². The lowest BCUT2D eigenvalue weighted by Crippen LogP contribution is -2.36. The maximum atomic E-state index is 12.3. The number of azide groups is 1. The minimum absolute atomic E-state index is 0.0634. The molecule has 1 fully saturated rings. The number of amides is 2. The number of benzene rings is 1. The van der Waals surface area contributed by atoms with E-state index < -0.39 is 0 Å². The van der Waals surface area contributed by atoms with Crippen molar-refractivity contribution in [1.29, 1.82) is 0 Å². The van der Waals surface area contributed by atoms with Crippen molar-refractivity contribution in [1.82, 2.24) is 4.90 Å².